The van der Waals surface area contributed by atoms with Crippen molar-refractivity contribution in [3.8, 4) is 5.75 Å². The predicted octanol–water partition coefficient (Wildman–Crippen LogP) is 2.70. The van der Waals surface area contributed by atoms with Gasteiger partial charge in [-0.3, -0.25) is 9.69 Å². The summed E-state index contributed by atoms with van der Waals surface area (Å²) >= 11 is 0. The van der Waals surface area contributed by atoms with Gasteiger partial charge in [0, 0.05) is 12.7 Å². The molecule has 0 spiro atoms. The number of carbonyl (C=O) groups is 2. The Kier molecular flexibility index (Phi) is 7.17. The standard InChI is InChI=1S/C19H26N2O5/c1-5-11-26-19(23)21(18(25-4)17-7-6-10-20(17)2)16-9-8-15(24-3)12-14(16)13-22/h5,8-9,12-13,17-18H,1,6-7,10-11H2,2-4H3. The third kappa shape index (κ3) is 4.23. The number of ether oxygens (including phenoxy) is 3. The van der Waals surface area contributed by atoms with Crippen LogP contribution in [0.5, 0.6) is 5.75 Å². The van der Waals surface area contributed by atoms with E-state index >= 15 is 0 Å². The lowest BCUT2D eigenvalue weighted by atomic mass is 10.1. The molecule has 1 amide bonds. The highest BCUT2D eigenvalue weighted by Gasteiger charge is 2.38. The zero-order valence-electron chi connectivity index (χ0n) is 15.5. The summed E-state index contributed by atoms with van der Waals surface area (Å²) in [4.78, 5) is 28.0. The molecule has 0 aliphatic carbocycles. The number of likely N-dealkylation sites (tertiary alicyclic amines) is 1. The largest absolute Gasteiger partial charge is 0.497 e. The quantitative estimate of drug-likeness (QED) is 0.402. The molecule has 0 bridgehead atoms. The van der Waals surface area contributed by atoms with Crippen LogP contribution in [0, 0.1) is 0 Å². The normalized spacial score (nSPS) is 18.2. The van der Waals surface area contributed by atoms with Gasteiger partial charge < -0.3 is 14.2 Å². The first-order chi connectivity index (χ1) is 12.6. The van der Waals surface area contributed by atoms with Gasteiger partial charge in [-0.2, -0.15) is 0 Å². The maximum Gasteiger partial charge on any atom is 0.416 e. The van der Waals surface area contributed by atoms with Crippen LogP contribution in [0.2, 0.25) is 0 Å². The molecule has 2 rings (SSSR count). The number of nitrogens with zero attached hydrogens (tertiary/aromatic N) is 2. The van der Waals surface area contributed by atoms with Crippen molar-refractivity contribution in [3.63, 3.8) is 0 Å². The Morgan fingerprint density at radius 2 is 2.23 bits per heavy atom. The summed E-state index contributed by atoms with van der Waals surface area (Å²) in [6.45, 7) is 4.56. The molecule has 0 saturated carbocycles. The van der Waals surface area contributed by atoms with Crippen LogP contribution in [0.15, 0.2) is 30.9 Å². The lowest BCUT2D eigenvalue weighted by Gasteiger charge is -2.36. The molecular formula is C19H26N2O5. The lowest BCUT2D eigenvalue weighted by molar-refractivity contribution is 0.0344. The molecule has 1 fully saturated rings. The number of likely N-dealkylation sites (N-methyl/N-ethyl adjacent to an activating group) is 1. The highest BCUT2D eigenvalue weighted by molar-refractivity contribution is 5.95. The summed E-state index contributed by atoms with van der Waals surface area (Å²) in [5, 5.41) is 0. The maximum absolute atomic E-state index is 12.8. The first kappa shape index (κ1) is 19.9. The number of amides is 1. The second kappa shape index (κ2) is 9.35. The van der Waals surface area contributed by atoms with E-state index in [2.05, 4.69) is 11.5 Å². The molecule has 2 atom stereocenters. The van der Waals surface area contributed by atoms with E-state index in [9.17, 15) is 9.59 Å². The van der Waals surface area contributed by atoms with Crippen molar-refractivity contribution in [2.24, 2.45) is 0 Å². The minimum atomic E-state index is -0.592. The Balaban J connectivity index is 2.47. The van der Waals surface area contributed by atoms with Gasteiger partial charge in [0.2, 0.25) is 0 Å². The molecule has 1 aliphatic heterocycles. The fourth-order valence-electron chi connectivity index (χ4n) is 3.24. The van der Waals surface area contributed by atoms with E-state index in [1.165, 1.54) is 18.1 Å². The van der Waals surface area contributed by atoms with Crippen molar-refractivity contribution in [3.05, 3.63) is 36.4 Å². The Labute approximate surface area is 154 Å². The zero-order valence-corrected chi connectivity index (χ0v) is 15.5. The Hall–Kier alpha value is -2.38. The van der Waals surface area contributed by atoms with E-state index in [1.54, 1.807) is 25.3 Å². The van der Waals surface area contributed by atoms with Crippen LogP contribution in [0.1, 0.15) is 23.2 Å². The fourth-order valence-corrected chi connectivity index (χ4v) is 3.24. The van der Waals surface area contributed by atoms with Crippen LogP contribution in [-0.2, 0) is 9.47 Å². The molecule has 2 unspecified atom stereocenters. The number of hydrogen-bond donors (Lipinski definition) is 0. The van der Waals surface area contributed by atoms with E-state index in [-0.39, 0.29) is 12.6 Å². The summed E-state index contributed by atoms with van der Waals surface area (Å²) in [5.41, 5.74) is 0.740. The predicted molar refractivity (Wildman–Crippen MR) is 98.9 cm³/mol. The van der Waals surface area contributed by atoms with E-state index in [4.69, 9.17) is 14.2 Å². The topological polar surface area (TPSA) is 68.3 Å². The summed E-state index contributed by atoms with van der Waals surface area (Å²) < 4.78 is 16.1. The molecule has 142 valence electrons. The van der Waals surface area contributed by atoms with Crippen molar-refractivity contribution >= 4 is 18.1 Å². The Morgan fingerprint density at radius 3 is 2.77 bits per heavy atom. The van der Waals surface area contributed by atoms with Crippen LogP contribution >= 0.6 is 0 Å². The van der Waals surface area contributed by atoms with Crippen molar-refractivity contribution < 1.29 is 23.8 Å². The molecule has 7 heteroatoms. The second-order valence-electron chi connectivity index (χ2n) is 6.09. The number of methoxy groups -OCH3 is 2. The molecular weight excluding hydrogens is 336 g/mol. The van der Waals surface area contributed by atoms with E-state index in [0.717, 1.165) is 19.4 Å². The van der Waals surface area contributed by atoms with Crippen LogP contribution in [0.4, 0.5) is 10.5 Å². The molecule has 7 nitrogen and oxygen atoms in total. The smallest absolute Gasteiger partial charge is 0.416 e. The molecule has 1 saturated heterocycles. The fraction of sp³-hybridized carbons (Fsp3) is 0.474. The number of hydrogen-bond acceptors (Lipinski definition) is 6. The van der Waals surface area contributed by atoms with E-state index < -0.39 is 12.3 Å². The van der Waals surface area contributed by atoms with Crippen molar-refractivity contribution in [1.82, 2.24) is 4.90 Å². The zero-order chi connectivity index (χ0) is 19.1. The van der Waals surface area contributed by atoms with Gasteiger partial charge in [-0.15, -0.1) is 0 Å². The van der Waals surface area contributed by atoms with Gasteiger partial charge in [0.1, 0.15) is 12.4 Å². The molecule has 1 aromatic rings. The average molecular weight is 362 g/mol. The van der Waals surface area contributed by atoms with E-state index in [0.29, 0.717) is 23.3 Å². The first-order valence-corrected chi connectivity index (χ1v) is 8.50. The summed E-state index contributed by atoms with van der Waals surface area (Å²) in [6, 6.07) is 4.94. The van der Waals surface area contributed by atoms with Gasteiger partial charge in [-0.25, -0.2) is 9.69 Å². The number of rotatable bonds is 8. The van der Waals surface area contributed by atoms with Gasteiger partial charge in [0.15, 0.2) is 12.5 Å². The summed E-state index contributed by atoms with van der Waals surface area (Å²) in [7, 11) is 5.06. The molecule has 0 N–H and O–H groups in total. The molecule has 26 heavy (non-hydrogen) atoms. The number of aldehydes is 1. The molecule has 0 radical (unpaired) electrons. The Bertz CT molecular complexity index is 649. The highest BCUT2D eigenvalue weighted by atomic mass is 16.6. The third-order valence-corrected chi connectivity index (χ3v) is 4.54. The van der Waals surface area contributed by atoms with Gasteiger partial charge in [0.05, 0.1) is 18.8 Å². The lowest BCUT2D eigenvalue weighted by Crippen LogP contribution is -2.52. The van der Waals surface area contributed by atoms with Crippen LogP contribution in [-0.4, -0.2) is 64.0 Å². The summed E-state index contributed by atoms with van der Waals surface area (Å²) in [5.74, 6) is 0.530. The van der Waals surface area contributed by atoms with E-state index in [1.807, 2.05) is 7.05 Å². The first-order valence-electron chi connectivity index (χ1n) is 8.50. The third-order valence-electron chi connectivity index (χ3n) is 4.54. The summed E-state index contributed by atoms with van der Waals surface area (Å²) in [6.07, 6.45) is 2.90. The number of anilines is 1. The number of carbonyl (C=O) groups excluding carboxylic acids is 2. The monoisotopic (exact) mass is 362 g/mol. The highest BCUT2D eigenvalue weighted by Crippen LogP contribution is 2.31. The van der Waals surface area contributed by atoms with Crippen molar-refractivity contribution in [1.29, 1.82) is 0 Å². The molecule has 1 aliphatic rings. The van der Waals surface area contributed by atoms with Crippen LogP contribution in [0.25, 0.3) is 0 Å². The SMILES string of the molecule is C=CCOC(=O)N(c1ccc(OC)cc1C=O)C(OC)C1CCCN1C. The second-order valence-corrected chi connectivity index (χ2v) is 6.09. The maximum atomic E-state index is 12.8. The van der Waals surface area contributed by atoms with Gasteiger partial charge in [-0.1, -0.05) is 12.7 Å². The number of benzene rings is 1. The molecule has 0 aromatic heterocycles. The minimum Gasteiger partial charge on any atom is -0.497 e. The van der Waals surface area contributed by atoms with Gasteiger partial charge in [0.25, 0.3) is 0 Å². The average Bonchev–Trinajstić information content (AvgIpc) is 3.09. The van der Waals surface area contributed by atoms with Gasteiger partial charge >= 0.3 is 6.09 Å². The van der Waals surface area contributed by atoms with Gasteiger partial charge in [-0.05, 0) is 44.6 Å². The van der Waals surface area contributed by atoms with Crippen molar-refractivity contribution in [2.75, 3.05) is 39.3 Å². The van der Waals surface area contributed by atoms with Crippen LogP contribution in [0.3, 0.4) is 0 Å². The Morgan fingerprint density at radius 1 is 1.46 bits per heavy atom. The molecule has 1 heterocycles. The molecule has 1 aromatic carbocycles. The minimum absolute atomic E-state index is 0.00196. The van der Waals surface area contributed by atoms with Crippen molar-refractivity contribution in [2.45, 2.75) is 25.1 Å². The van der Waals surface area contributed by atoms with Crippen LogP contribution < -0.4 is 9.64 Å².